The van der Waals surface area contributed by atoms with E-state index in [9.17, 15) is 0 Å². The molecule has 0 saturated carbocycles. The number of aromatic nitrogens is 1. The first-order valence-electron chi connectivity index (χ1n) is 6.68. The minimum atomic E-state index is 0.0622. The van der Waals surface area contributed by atoms with E-state index in [0.717, 1.165) is 17.3 Å². The molecule has 2 atom stereocenters. The van der Waals surface area contributed by atoms with Crippen molar-refractivity contribution < 1.29 is 0 Å². The largest absolute Gasteiger partial charge is 0.326 e. The summed E-state index contributed by atoms with van der Waals surface area (Å²) in [5.74, 6) is 0. The first-order chi connectivity index (χ1) is 9.58. The molecule has 2 unspecified atom stereocenters. The van der Waals surface area contributed by atoms with Gasteiger partial charge in [0.05, 0.1) is 10.4 Å². The molecular formula is C15H20ClN3S. The molecule has 2 rings (SSSR count). The van der Waals surface area contributed by atoms with E-state index in [1.807, 2.05) is 25.4 Å². The molecule has 0 spiro atoms. The number of likely N-dealkylation sites (N-methyl/N-ethyl adjacent to an activating group) is 1. The summed E-state index contributed by atoms with van der Waals surface area (Å²) < 4.78 is 0.813. The molecular weight excluding hydrogens is 290 g/mol. The lowest BCUT2D eigenvalue weighted by Crippen LogP contribution is -2.37. The average Bonchev–Trinajstić information content (AvgIpc) is 2.83. The fourth-order valence-electron chi connectivity index (χ4n) is 2.36. The van der Waals surface area contributed by atoms with Gasteiger partial charge in [0.25, 0.3) is 0 Å². The summed E-state index contributed by atoms with van der Waals surface area (Å²) in [6.45, 7) is 2.99. The molecule has 2 aromatic heterocycles. The van der Waals surface area contributed by atoms with Crippen LogP contribution < -0.4 is 5.73 Å². The van der Waals surface area contributed by atoms with Gasteiger partial charge in [0.2, 0.25) is 0 Å². The maximum absolute atomic E-state index is 6.16. The average molecular weight is 310 g/mol. The third-order valence-electron chi connectivity index (χ3n) is 3.36. The molecule has 0 fully saturated rings. The number of hydrogen-bond donors (Lipinski definition) is 1. The molecule has 0 saturated heterocycles. The number of pyridine rings is 1. The van der Waals surface area contributed by atoms with Gasteiger partial charge in [0.15, 0.2) is 0 Å². The SMILES string of the molecule is CC(N)C(c1ccc(Cl)s1)N(C)CCc1ccncc1. The van der Waals surface area contributed by atoms with E-state index in [0.29, 0.717) is 0 Å². The maximum Gasteiger partial charge on any atom is 0.0931 e. The van der Waals surface area contributed by atoms with Gasteiger partial charge in [-0.15, -0.1) is 11.3 Å². The number of rotatable bonds is 6. The van der Waals surface area contributed by atoms with Crippen molar-refractivity contribution in [3.8, 4) is 0 Å². The van der Waals surface area contributed by atoms with Crippen LogP contribution in [0.4, 0.5) is 0 Å². The molecule has 20 heavy (non-hydrogen) atoms. The van der Waals surface area contributed by atoms with Crippen LogP contribution in [0.15, 0.2) is 36.7 Å². The molecule has 2 aromatic rings. The standard InChI is InChI=1S/C15H20ClN3S/c1-11(17)15(13-3-4-14(16)20-13)19(2)10-7-12-5-8-18-9-6-12/h3-6,8-9,11,15H,7,10,17H2,1-2H3. The second-order valence-electron chi connectivity index (χ2n) is 5.03. The fourth-order valence-corrected chi connectivity index (χ4v) is 3.70. The molecule has 108 valence electrons. The van der Waals surface area contributed by atoms with Crippen LogP contribution >= 0.6 is 22.9 Å². The first kappa shape index (κ1) is 15.4. The van der Waals surface area contributed by atoms with Gasteiger partial charge in [-0.25, -0.2) is 0 Å². The summed E-state index contributed by atoms with van der Waals surface area (Å²) in [5, 5.41) is 0. The van der Waals surface area contributed by atoms with Crippen LogP contribution in [0, 0.1) is 0 Å². The van der Waals surface area contributed by atoms with E-state index in [4.69, 9.17) is 17.3 Å². The Balaban J connectivity index is 2.02. The first-order valence-corrected chi connectivity index (χ1v) is 7.87. The smallest absolute Gasteiger partial charge is 0.0931 e. The Morgan fingerprint density at radius 3 is 2.55 bits per heavy atom. The molecule has 0 radical (unpaired) electrons. The molecule has 5 heteroatoms. The second kappa shape index (κ2) is 7.18. The monoisotopic (exact) mass is 309 g/mol. The van der Waals surface area contributed by atoms with Crippen molar-refractivity contribution in [3.05, 3.63) is 51.4 Å². The molecule has 0 aliphatic carbocycles. The Morgan fingerprint density at radius 1 is 1.30 bits per heavy atom. The lowest BCUT2D eigenvalue weighted by molar-refractivity contribution is 0.225. The number of hydrogen-bond acceptors (Lipinski definition) is 4. The van der Waals surface area contributed by atoms with Crippen LogP contribution in [0.3, 0.4) is 0 Å². The highest BCUT2D eigenvalue weighted by Crippen LogP contribution is 2.31. The number of thiophene rings is 1. The van der Waals surface area contributed by atoms with Gasteiger partial charge >= 0.3 is 0 Å². The van der Waals surface area contributed by atoms with Crippen LogP contribution in [0.2, 0.25) is 4.34 Å². The molecule has 3 nitrogen and oxygen atoms in total. The Kier molecular flexibility index (Phi) is 5.54. The Morgan fingerprint density at radius 2 is 2.00 bits per heavy atom. The zero-order valence-electron chi connectivity index (χ0n) is 11.8. The van der Waals surface area contributed by atoms with Crippen LogP contribution in [0.1, 0.15) is 23.4 Å². The van der Waals surface area contributed by atoms with Crippen LogP contribution in [-0.4, -0.2) is 29.5 Å². The molecule has 0 aromatic carbocycles. The quantitative estimate of drug-likeness (QED) is 0.889. The van der Waals surface area contributed by atoms with E-state index < -0.39 is 0 Å². The normalized spacial score (nSPS) is 14.4. The summed E-state index contributed by atoms with van der Waals surface area (Å²) in [7, 11) is 2.11. The van der Waals surface area contributed by atoms with Gasteiger partial charge in [-0.2, -0.15) is 0 Å². The molecule has 0 amide bonds. The van der Waals surface area contributed by atoms with E-state index in [1.54, 1.807) is 11.3 Å². The van der Waals surface area contributed by atoms with Crippen molar-refractivity contribution in [1.82, 2.24) is 9.88 Å². The summed E-state index contributed by atoms with van der Waals surface area (Å²) >= 11 is 7.65. The predicted octanol–water partition coefficient (Wildman–Crippen LogP) is 3.36. The van der Waals surface area contributed by atoms with Crippen molar-refractivity contribution in [2.45, 2.75) is 25.4 Å². The maximum atomic E-state index is 6.16. The summed E-state index contributed by atoms with van der Waals surface area (Å²) in [6, 6.07) is 8.38. The highest BCUT2D eigenvalue weighted by atomic mass is 35.5. The van der Waals surface area contributed by atoms with Gasteiger partial charge < -0.3 is 5.73 Å². The van der Waals surface area contributed by atoms with E-state index in [1.165, 1.54) is 10.4 Å². The van der Waals surface area contributed by atoms with E-state index in [-0.39, 0.29) is 12.1 Å². The van der Waals surface area contributed by atoms with Gasteiger partial charge in [0, 0.05) is 29.9 Å². The fraction of sp³-hybridized carbons (Fsp3) is 0.400. The van der Waals surface area contributed by atoms with Crippen LogP contribution in [0.25, 0.3) is 0 Å². The van der Waals surface area contributed by atoms with Crippen molar-refractivity contribution >= 4 is 22.9 Å². The van der Waals surface area contributed by atoms with Crippen molar-refractivity contribution in [1.29, 1.82) is 0 Å². The predicted molar refractivity (Wildman–Crippen MR) is 86.3 cm³/mol. The summed E-state index contributed by atoms with van der Waals surface area (Å²) in [6.07, 6.45) is 4.65. The minimum Gasteiger partial charge on any atom is -0.326 e. The summed E-state index contributed by atoms with van der Waals surface area (Å²) in [5.41, 5.74) is 7.45. The van der Waals surface area contributed by atoms with E-state index in [2.05, 4.69) is 35.1 Å². The Labute approximate surface area is 129 Å². The van der Waals surface area contributed by atoms with Gasteiger partial charge in [-0.1, -0.05) is 11.6 Å². The van der Waals surface area contributed by atoms with Gasteiger partial charge in [-0.05, 0) is 50.2 Å². The topological polar surface area (TPSA) is 42.1 Å². The van der Waals surface area contributed by atoms with Crippen LogP contribution in [0.5, 0.6) is 0 Å². The third kappa shape index (κ3) is 4.03. The second-order valence-corrected chi connectivity index (χ2v) is 6.78. The van der Waals surface area contributed by atoms with Gasteiger partial charge in [0.1, 0.15) is 0 Å². The lowest BCUT2D eigenvalue weighted by atomic mass is 10.1. The minimum absolute atomic E-state index is 0.0622. The highest BCUT2D eigenvalue weighted by molar-refractivity contribution is 7.16. The third-order valence-corrected chi connectivity index (χ3v) is 4.66. The lowest BCUT2D eigenvalue weighted by Gasteiger charge is -2.30. The number of nitrogens with two attached hydrogens (primary N) is 1. The number of halogens is 1. The van der Waals surface area contributed by atoms with Gasteiger partial charge in [-0.3, -0.25) is 9.88 Å². The van der Waals surface area contributed by atoms with Crippen molar-refractivity contribution in [2.24, 2.45) is 5.73 Å². The molecule has 0 aliphatic heterocycles. The molecule has 0 bridgehead atoms. The van der Waals surface area contributed by atoms with Crippen LogP contribution in [-0.2, 0) is 6.42 Å². The zero-order valence-corrected chi connectivity index (χ0v) is 13.4. The molecule has 2 N–H and O–H groups in total. The highest BCUT2D eigenvalue weighted by Gasteiger charge is 2.22. The zero-order chi connectivity index (χ0) is 14.5. The summed E-state index contributed by atoms with van der Waals surface area (Å²) in [4.78, 5) is 7.56. The van der Waals surface area contributed by atoms with Crippen molar-refractivity contribution in [2.75, 3.05) is 13.6 Å². The van der Waals surface area contributed by atoms with Crippen molar-refractivity contribution in [3.63, 3.8) is 0 Å². The Hall–Kier alpha value is -0.940. The Bertz CT molecular complexity index is 527. The van der Waals surface area contributed by atoms with E-state index >= 15 is 0 Å². The molecule has 0 aliphatic rings. The molecule has 2 heterocycles. The number of nitrogens with zero attached hydrogens (tertiary/aromatic N) is 2.